The Morgan fingerprint density at radius 3 is 2.40 bits per heavy atom. The average molecular weight is 388 g/mol. The van der Waals surface area contributed by atoms with Crippen molar-refractivity contribution in [2.75, 3.05) is 5.32 Å². The maximum Gasteiger partial charge on any atom is 0.255 e. The first kappa shape index (κ1) is 16.7. The van der Waals surface area contributed by atoms with Crippen LogP contribution in [0.15, 0.2) is 84.9 Å². The topological polar surface area (TPSA) is 70.7 Å². The van der Waals surface area contributed by atoms with Gasteiger partial charge < -0.3 is 10.3 Å². The third kappa shape index (κ3) is 2.68. The minimum absolute atomic E-state index is 0.157. The Bertz CT molecular complexity index is 1600. The number of hydrogen-bond acceptors (Lipinski definition) is 3. The first-order valence-corrected chi connectivity index (χ1v) is 9.73. The van der Waals surface area contributed by atoms with Crippen molar-refractivity contribution in [3.8, 4) is 0 Å². The summed E-state index contributed by atoms with van der Waals surface area (Å²) in [6, 6.07) is 27.3. The molecule has 0 aliphatic carbocycles. The molecule has 0 aliphatic rings. The van der Waals surface area contributed by atoms with Gasteiger partial charge in [0.1, 0.15) is 5.52 Å². The lowest BCUT2D eigenvalue weighted by Gasteiger charge is -2.07. The summed E-state index contributed by atoms with van der Waals surface area (Å²) in [7, 11) is 0. The van der Waals surface area contributed by atoms with Crippen LogP contribution in [0, 0.1) is 0 Å². The molecule has 1 amide bonds. The fraction of sp³-hybridized carbons (Fsp3) is 0. The number of carbonyl (C=O) groups is 1. The monoisotopic (exact) mass is 388 g/mol. The Labute approximate surface area is 171 Å². The van der Waals surface area contributed by atoms with Crippen LogP contribution in [0.4, 0.5) is 5.69 Å². The first-order chi connectivity index (χ1) is 14.7. The van der Waals surface area contributed by atoms with Gasteiger partial charge in [0, 0.05) is 22.2 Å². The number of carbonyl (C=O) groups excluding carboxylic acids is 1. The largest absolute Gasteiger partial charge is 0.338 e. The molecular weight excluding hydrogens is 372 g/mol. The zero-order valence-electron chi connectivity index (χ0n) is 15.9. The van der Waals surface area contributed by atoms with Gasteiger partial charge in [0.05, 0.1) is 11.0 Å². The maximum absolute atomic E-state index is 12.9. The highest BCUT2D eigenvalue weighted by atomic mass is 16.1. The molecule has 5 heteroatoms. The number of nitrogens with zero attached hydrogens (tertiary/aromatic N) is 2. The second-order valence-corrected chi connectivity index (χ2v) is 7.31. The summed E-state index contributed by atoms with van der Waals surface area (Å²) >= 11 is 0. The quantitative estimate of drug-likeness (QED) is 0.401. The fourth-order valence-corrected chi connectivity index (χ4v) is 3.86. The molecule has 4 aromatic carbocycles. The number of para-hydroxylation sites is 2. The molecule has 2 heterocycles. The molecule has 142 valence electrons. The molecule has 0 fully saturated rings. The van der Waals surface area contributed by atoms with E-state index in [0.29, 0.717) is 5.56 Å². The second-order valence-electron chi connectivity index (χ2n) is 7.31. The van der Waals surface area contributed by atoms with Crippen LogP contribution in [-0.4, -0.2) is 20.9 Å². The maximum atomic E-state index is 12.9. The molecule has 0 saturated carbocycles. The lowest BCUT2D eigenvalue weighted by atomic mass is 10.1. The van der Waals surface area contributed by atoms with E-state index < -0.39 is 0 Å². The number of aromatic nitrogens is 3. The minimum Gasteiger partial charge on any atom is -0.338 e. The Hall–Kier alpha value is -4.25. The normalized spacial score (nSPS) is 11.5. The number of fused-ring (bicyclic) bond motifs is 5. The van der Waals surface area contributed by atoms with E-state index in [1.165, 1.54) is 0 Å². The zero-order valence-corrected chi connectivity index (χ0v) is 15.9. The van der Waals surface area contributed by atoms with Crippen molar-refractivity contribution in [1.29, 1.82) is 0 Å². The highest BCUT2D eigenvalue weighted by Gasteiger charge is 2.13. The summed E-state index contributed by atoms with van der Waals surface area (Å²) in [6.45, 7) is 0. The molecule has 0 saturated heterocycles. The molecule has 0 atom stereocenters. The van der Waals surface area contributed by atoms with Crippen LogP contribution in [0.5, 0.6) is 0 Å². The number of hydrogen-bond donors (Lipinski definition) is 2. The Morgan fingerprint density at radius 2 is 1.53 bits per heavy atom. The summed E-state index contributed by atoms with van der Waals surface area (Å²) in [5.74, 6) is -0.157. The van der Waals surface area contributed by atoms with Crippen LogP contribution in [0.2, 0.25) is 0 Å². The summed E-state index contributed by atoms with van der Waals surface area (Å²) in [5.41, 5.74) is 5.40. The van der Waals surface area contributed by atoms with E-state index in [2.05, 4.69) is 21.4 Å². The Balaban J connectivity index is 1.41. The van der Waals surface area contributed by atoms with Gasteiger partial charge in [0.15, 0.2) is 5.65 Å². The van der Waals surface area contributed by atoms with Gasteiger partial charge in [-0.1, -0.05) is 42.5 Å². The van der Waals surface area contributed by atoms with Crippen LogP contribution in [0.25, 0.3) is 43.9 Å². The van der Waals surface area contributed by atoms with Crippen LogP contribution >= 0.6 is 0 Å². The number of H-pyrrole nitrogens is 1. The van der Waals surface area contributed by atoms with Gasteiger partial charge in [-0.05, 0) is 53.2 Å². The molecule has 0 radical (unpaired) electrons. The number of rotatable bonds is 2. The highest BCUT2D eigenvalue weighted by Crippen LogP contribution is 2.26. The third-order valence-electron chi connectivity index (χ3n) is 5.37. The molecule has 30 heavy (non-hydrogen) atoms. The van der Waals surface area contributed by atoms with Crippen molar-refractivity contribution in [3.05, 3.63) is 90.5 Å². The second kappa shape index (κ2) is 6.39. The van der Waals surface area contributed by atoms with Gasteiger partial charge in [-0.3, -0.25) is 4.79 Å². The highest BCUT2D eigenvalue weighted by molar-refractivity contribution is 6.11. The van der Waals surface area contributed by atoms with Crippen molar-refractivity contribution in [1.82, 2.24) is 15.0 Å². The van der Waals surface area contributed by atoms with Gasteiger partial charge in [-0.15, -0.1) is 0 Å². The van der Waals surface area contributed by atoms with E-state index in [-0.39, 0.29) is 5.91 Å². The van der Waals surface area contributed by atoms with E-state index in [1.54, 1.807) is 0 Å². The molecule has 2 N–H and O–H groups in total. The van der Waals surface area contributed by atoms with Gasteiger partial charge in [0.25, 0.3) is 5.91 Å². The van der Waals surface area contributed by atoms with E-state index in [4.69, 9.17) is 4.98 Å². The molecule has 0 unspecified atom stereocenters. The molecule has 0 spiro atoms. The van der Waals surface area contributed by atoms with Crippen LogP contribution < -0.4 is 5.32 Å². The number of nitrogens with one attached hydrogen (secondary N) is 2. The summed E-state index contributed by atoms with van der Waals surface area (Å²) < 4.78 is 0. The standard InChI is InChI=1S/C25H16N4O/c30-25(26-18-11-9-15-5-1-2-6-16(15)13-18)17-10-12-20-19(14-17)23-24(28-20)29-22-8-4-3-7-21(22)27-23/h1-14H,(H,26,30)(H,28,29). The molecule has 2 aromatic heterocycles. The van der Waals surface area contributed by atoms with Crippen molar-refractivity contribution in [2.45, 2.75) is 0 Å². The molecule has 6 aromatic rings. The smallest absolute Gasteiger partial charge is 0.255 e. The van der Waals surface area contributed by atoms with E-state index in [0.717, 1.165) is 49.6 Å². The van der Waals surface area contributed by atoms with Crippen molar-refractivity contribution in [3.63, 3.8) is 0 Å². The molecular formula is C25H16N4O. The number of anilines is 1. The SMILES string of the molecule is O=C(Nc1ccc2ccccc2c1)c1ccc2[nH]c3nc4ccccc4nc3c2c1. The lowest BCUT2D eigenvalue weighted by molar-refractivity contribution is 0.102. The summed E-state index contributed by atoms with van der Waals surface area (Å²) in [6.07, 6.45) is 0. The first-order valence-electron chi connectivity index (χ1n) is 9.73. The van der Waals surface area contributed by atoms with Crippen molar-refractivity contribution in [2.24, 2.45) is 0 Å². The van der Waals surface area contributed by atoms with Crippen molar-refractivity contribution >= 4 is 55.5 Å². The average Bonchev–Trinajstić information content (AvgIpc) is 3.14. The predicted octanol–water partition coefficient (Wildman–Crippen LogP) is 5.67. The van der Waals surface area contributed by atoms with E-state index in [1.807, 2.05) is 78.9 Å². The number of aromatic amines is 1. The summed E-state index contributed by atoms with van der Waals surface area (Å²) in [5, 5.41) is 6.11. The van der Waals surface area contributed by atoms with E-state index in [9.17, 15) is 4.79 Å². The van der Waals surface area contributed by atoms with Gasteiger partial charge in [-0.25, -0.2) is 9.97 Å². The lowest BCUT2D eigenvalue weighted by Crippen LogP contribution is -2.11. The van der Waals surface area contributed by atoms with Crippen LogP contribution in [-0.2, 0) is 0 Å². The Kier molecular flexibility index (Phi) is 3.55. The molecule has 5 nitrogen and oxygen atoms in total. The Morgan fingerprint density at radius 1 is 0.767 bits per heavy atom. The van der Waals surface area contributed by atoms with Gasteiger partial charge in [0.2, 0.25) is 0 Å². The molecule has 6 rings (SSSR count). The zero-order chi connectivity index (χ0) is 20.1. The summed E-state index contributed by atoms with van der Waals surface area (Å²) in [4.78, 5) is 25.6. The minimum atomic E-state index is -0.157. The number of benzene rings is 4. The van der Waals surface area contributed by atoms with Gasteiger partial charge >= 0.3 is 0 Å². The third-order valence-corrected chi connectivity index (χ3v) is 5.37. The number of amides is 1. The predicted molar refractivity (Wildman–Crippen MR) is 121 cm³/mol. The fourth-order valence-electron chi connectivity index (χ4n) is 3.86. The van der Waals surface area contributed by atoms with Gasteiger partial charge in [-0.2, -0.15) is 0 Å². The van der Waals surface area contributed by atoms with E-state index >= 15 is 0 Å². The van der Waals surface area contributed by atoms with Crippen LogP contribution in [0.1, 0.15) is 10.4 Å². The van der Waals surface area contributed by atoms with Crippen molar-refractivity contribution < 1.29 is 4.79 Å². The van der Waals surface area contributed by atoms with Crippen LogP contribution in [0.3, 0.4) is 0 Å². The molecule has 0 aliphatic heterocycles. The molecule has 0 bridgehead atoms.